The molecule has 0 unspecified atom stereocenters. The second-order valence-electron chi connectivity index (χ2n) is 3.08. The normalized spacial score (nSPS) is 10.6. The molecule has 0 fully saturated rings. The van der Waals surface area contributed by atoms with E-state index in [0.29, 0.717) is 21.9 Å². The molecule has 2 aromatic rings. The van der Waals surface area contributed by atoms with E-state index >= 15 is 0 Å². The summed E-state index contributed by atoms with van der Waals surface area (Å²) in [4.78, 5) is 10.7. The molecule has 2 rings (SSSR count). The summed E-state index contributed by atoms with van der Waals surface area (Å²) in [6, 6.07) is 6.95. The van der Waals surface area contributed by atoms with E-state index < -0.39 is 0 Å². The Morgan fingerprint density at radius 2 is 1.73 bits per heavy atom. The van der Waals surface area contributed by atoms with E-state index in [1.807, 2.05) is 0 Å². The molecule has 0 aliphatic heterocycles. The van der Waals surface area contributed by atoms with Crippen LogP contribution >= 0.6 is 34.8 Å². The Labute approximate surface area is 102 Å². The van der Waals surface area contributed by atoms with E-state index in [2.05, 4.69) is 0 Å². The van der Waals surface area contributed by atoms with Gasteiger partial charge < -0.3 is 0 Å². The quantitative estimate of drug-likeness (QED) is 0.683. The fourth-order valence-electron chi connectivity index (χ4n) is 1.41. The molecule has 0 heterocycles. The fourth-order valence-corrected chi connectivity index (χ4v) is 2.05. The van der Waals surface area contributed by atoms with Gasteiger partial charge in [-0.05, 0) is 23.6 Å². The highest BCUT2D eigenvalue weighted by molar-refractivity contribution is 6.47. The molecule has 76 valence electrons. The van der Waals surface area contributed by atoms with Gasteiger partial charge in [0.15, 0.2) is 6.29 Å². The lowest BCUT2D eigenvalue weighted by molar-refractivity contribution is 0.112. The first-order chi connectivity index (χ1) is 7.13. The van der Waals surface area contributed by atoms with Gasteiger partial charge in [-0.15, -0.1) is 0 Å². The van der Waals surface area contributed by atoms with Crippen LogP contribution in [0.25, 0.3) is 10.8 Å². The molecule has 15 heavy (non-hydrogen) atoms. The second-order valence-corrected chi connectivity index (χ2v) is 4.27. The highest BCUT2D eigenvalue weighted by Crippen LogP contribution is 2.34. The summed E-state index contributed by atoms with van der Waals surface area (Å²) in [5, 5.41) is 2.80. The molecule has 0 aliphatic rings. The summed E-state index contributed by atoms with van der Waals surface area (Å²) in [6.45, 7) is 0. The van der Waals surface area contributed by atoms with Crippen molar-refractivity contribution >= 4 is 51.9 Å². The van der Waals surface area contributed by atoms with Crippen LogP contribution in [0.3, 0.4) is 0 Å². The van der Waals surface area contributed by atoms with E-state index in [9.17, 15) is 4.79 Å². The van der Waals surface area contributed by atoms with Crippen molar-refractivity contribution in [2.75, 3.05) is 0 Å². The van der Waals surface area contributed by atoms with Crippen LogP contribution in [0, 0.1) is 0 Å². The average Bonchev–Trinajstić information content (AvgIpc) is 2.24. The van der Waals surface area contributed by atoms with Crippen LogP contribution in [0.1, 0.15) is 10.4 Å². The van der Waals surface area contributed by atoms with Gasteiger partial charge in [0.2, 0.25) is 0 Å². The molecule has 0 atom stereocenters. The van der Waals surface area contributed by atoms with Crippen LogP contribution in [0.5, 0.6) is 0 Å². The first-order valence-electron chi connectivity index (χ1n) is 4.16. The molecule has 4 heteroatoms. The maximum atomic E-state index is 10.7. The molecule has 0 saturated carbocycles. The van der Waals surface area contributed by atoms with E-state index in [4.69, 9.17) is 34.8 Å². The van der Waals surface area contributed by atoms with Gasteiger partial charge in [0.05, 0.1) is 10.0 Å². The molecule has 0 aromatic heterocycles. The first-order valence-corrected chi connectivity index (χ1v) is 5.29. The summed E-state index contributed by atoms with van der Waals surface area (Å²) in [7, 11) is 0. The van der Waals surface area contributed by atoms with Crippen LogP contribution < -0.4 is 0 Å². The summed E-state index contributed by atoms with van der Waals surface area (Å²) in [6.07, 6.45) is 0.683. The van der Waals surface area contributed by atoms with Crippen LogP contribution in [-0.4, -0.2) is 6.29 Å². The number of fused-ring (bicyclic) bond motifs is 1. The van der Waals surface area contributed by atoms with Gasteiger partial charge >= 0.3 is 0 Å². The molecule has 0 amide bonds. The molecule has 0 saturated heterocycles. The molecule has 0 spiro atoms. The number of hydrogen-bond acceptors (Lipinski definition) is 1. The largest absolute Gasteiger partial charge is 0.298 e. The topological polar surface area (TPSA) is 17.1 Å². The van der Waals surface area contributed by atoms with Gasteiger partial charge in [0.1, 0.15) is 0 Å². The molecule has 0 N–H and O–H groups in total. The molecule has 0 bridgehead atoms. The van der Waals surface area contributed by atoms with E-state index in [-0.39, 0.29) is 5.02 Å². The molecule has 2 aromatic carbocycles. The van der Waals surface area contributed by atoms with E-state index in [0.717, 1.165) is 10.8 Å². The number of aldehydes is 1. The number of hydrogen-bond donors (Lipinski definition) is 0. The lowest BCUT2D eigenvalue weighted by atomic mass is 10.1. The number of carbonyl (C=O) groups is 1. The molecular weight excluding hydrogens is 254 g/mol. The standard InChI is InChI=1S/C11H5Cl3O/c12-8-2-1-6-3-7(5-15)10(13)11(14)9(6)4-8/h1-5H. The Morgan fingerprint density at radius 3 is 2.40 bits per heavy atom. The van der Waals surface area contributed by atoms with Gasteiger partial charge in [0, 0.05) is 16.0 Å². The Hall–Kier alpha value is -0.760. The van der Waals surface area contributed by atoms with E-state index in [1.165, 1.54) is 0 Å². The lowest BCUT2D eigenvalue weighted by Crippen LogP contribution is -1.85. The highest BCUT2D eigenvalue weighted by Gasteiger charge is 2.09. The number of rotatable bonds is 1. The number of benzene rings is 2. The zero-order chi connectivity index (χ0) is 11.0. The van der Waals surface area contributed by atoms with Crippen LogP contribution in [0.2, 0.25) is 15.1 Å². The molecule has 0 aliphatic carbocycles. The van der Waals surface area contributed by atoms with Crippen molar-refractivity contribution in [3.63, 3.8) is 0 Å². The van der Waals surface area contributed by atoms with Crippen molar-refractivity contribution < 1.29 is 4.79 Å². The Kier molecular flexibility index (Phi) is 2.87. The van der Waals surface area contributed by atoms with Crippen molar-refractivity contribution in [2.45, 2.75) is 0 Å². The lowest BCUT2D eigenvalue weighted by Gasteiger charge is -2.05. The average molecular weight is 260 g/mol. The van der Waals surface area contributed by atoms with Gasteiger partial charge in [-0.2, -0.15) is 0 Å². The molecule has 0 radical (unpaired) electrons. The van der Waals surface area contributed by atoms with Gasteiger partial charge in [-0.1, -0.05) is 40.9 Å². The monoisotopic (exact) mass is 258 g/mol. The third kappa shape index (κ3) is 1.83. The Morgan fingerprint density at radius 1 is 1.00 bits per heavy atom. The van der Waals surface area contributed by atoms with Crippen molar-refractivity contribution in [3.05, 3.63) is 44.9 Å². The minimum absolute atomic E-state index is 0.265. The Bertz CT molecular complexity index is 549. The number of halogens is 3. The maximum absolute atomic E-state index is 10.7. The Balaban J connectivity index is 2.90. The predicted molar refractivity (Wildman–Crippen MR) is 64.4 cm³/mol. The van der Waals surface area contributed by atoms with Crippen molar-refractivity contribution in [1.29, 1.82) is 0 Å². The zero-order valence-corrected chi connectivity index (χ0v) is 9.70. The second kappa shape index (κ2) is 4.01. The van der Waals surface area contributed by atoms with Crippen molar-refractivity contribution in [1.82, 2.24) is 0 Å². The van der Waals surface area contributed by atoms with Gasteiger partial charge in [0.25, 0.3) is 0 Å². The third-order valence-electron chi connectivity index (χ3n) is 2.14. The predicted octanol–water partition coefficient (Wildman–Crippen LogP) is 4.61. The van der Waals surface area contributed by atoms with Crippen LogP contribution in [0.4, 0.5) is 0 Å². The van der Waals surface area contributed by atoms with Gasteiger partial charge in [-0.25, -0.2) is 0 Å². The van der Waals surface area contributed by atoms with Crippen LogP contribution in [0.15, 0.2) is 24.3 Å². The van der Waals surface area contributed by atoms with Crippen LogP contribution in [-0.2, 0) is 0 Å². The minimum Gasteiger partial charge on any atom is -0.298 e. The molecular formula is C11H5Cl3O. The maximum Gasteiger partial charge on any atom is 0.151 e. The smallest absolute Gasteiger partial charge is 0.151 e. The zero-order valence-electron chi connectivity index (χ0n) is 7.43. The molecule has 1 nitrogen and oxygen atoms in total. The summed E-state index contributed by atoms with van der Waals surface area (Å²) in [5.74, 6) is 0. The summed E-state index contributed by atoms with van der Waals surface area (Å²) >= 11 is 17.8. The summed E-state index contributed by atoms with van der Waals surface area (Å²) in [5.41, 5.74) is 0.386. The first kappa shape index (κ1) is 10.7. The van der Waals surface area contributed by atoms with Crippen molar-refractivity contribution in [2.24, 2.45) is 0 Å². The highest BCUT2D eigenvalue weighted by atomic mass is 35.5. The minimum atomic E-state index is 0.265. The fraction of sp³-hybridized carbons (Fsp3) is 0. The third-order valence-corrected chi connectivity index (χ3v) is 3.27. The van der Waals surface area contributed by atoms with E-state index in [1.54, 1.807) is 24.3 Å². The summed E-state index contributed by atoms with van der Waals surface area (Å²) < 4.78 is 0. The van der Waals surface area contributed by atoms with Crippen molar-refractivity contribution in [3.8, 4) is 0 Å². The van der Waals surface area contributed by atoms with Gasteiger partial charge in [-0.3, -0.25) is 4.79 Å². The number of carbonyl (C=O) groups excluding carboxylic acids is 1. The SMILES string of the molecule is O=Cc1cc2ccc(Cl)cc2c(Cl)c1Cl.